The average molecular weight is 403 g/mol. The van der Waals surface area contributed by atoms with Gasteiger partial charge in [-0.05, 0) is 42.5 Å². The first kappa shape index (κ1) is 19.0. The Morgan fingerprint density at radius 3 is 2.78 bits per heavy atom. The summed E-state index contributed by atoms with van der Waals surface area (Å²) in [5.41, 5.74) is 0.917. The van der Waals surface area contributed by atoms with Gasteiger partial charge in [0.2, 0.25) is 5.89 Å². The Balaban J connectivity index is 1.44. The van der Waals surface area contributed by atoms with E-state index in [0.717, 1.165) is 0 Å². The predicted octanol–water partition coefficient (Wildman–Crippen LogP) is 4.48. The van der Waals surface area contributed by atoms with E-state index in [1.807, 2.05) is 0 Å². The van der Waals surface area contributed by atoms with Crippen LogP contribution in [0.15, 0.2) is 58.2 Å². The Labute approximate surface area is 163 Å². The van der Waals surface area contributed by atoms with Crippen molar-refractivity contribution in [2.24, 2.45) is 0 Å². The lowest BCUT2D eigenvalue weighted by Gasteiger charge is -2.00. The maximum Gasteiger partial charge on any atom is 0.339 e. The summed E-state index contributed by atoms with van der Waals surface area (Å²) in [6.45, 7) is -0.0274. The van der Waals surface area contributed by atoms with Gasteiger partial charge < -0.3 is 9.15 Å². The van der Waals surface area contributed by atoms with E-state index in [4.69, 9.17) is 20.8 Å². The van der Waals surface area contributed by atoms with Crippen LogP contribution in [0.2, 0.25) is 5.02 Å². The highest BCUT2D eigenvalue weighted by atomic mass is 35.5. The molecule has 0 saturated carbocycles. The van der Waals surface area contributed by atoms with Crippen LogP contribution in [0.4, 0.5) is 4.39 Å². The number of esters is 1. The van der Waals surface area contributed by atoms with Gasteiger partial charge in [-0.3, -0.25) is 0 Å². The Morgan fingerprint density at radius 2 is 2.00 bits per heavy atom. The van der Waals surface area contributed by atoms with Gasteiger partial charge in [-0.15, -0.1) is 10.2 Å². The Bertz CT molecular complexity index is 996. The number of aromatic nitrogens is 2. The summed E-state index contributed by atoms with van der Waals surface area (Å²) in [6, 6.07) is 12.3. The second-order valence-corrected chi connectivity index (χ2v) is 6.47. The standard InChI is InChI=1S/C19H12ClFN2O3S/c20-15-8-6-13(7-9-15)18(24)25-10-1-2-11-27-19-23-22-17(26-19)14-4-3-5-16(21)12-14/h3-9,12H,10-11H2. The molecule has 1 aromatic heterocycles. The van der Waals surface area contributed by atoms with Crippen LogP contribution >= 0.6 is 23.4 Å². The molecule has 0 N–H and O–H groups in total. The number of nitrogens with zero attached hydrogens (tertiary/aromatic N) is 2. The highest BCUT2D eigenvalue weighted by Crippen LogP contribution is 2.23. The molecule has 0 fully saturated rings. The van der Waals surface area contributed by atoms with Crippen LogP contribution in [0.25, 0.3) is 11.5 Å². The number of carbonyl (C=O) groups excluding carboxylic acids is 1. The van der Waals surface area contributed by atoms with E-state index in [2.05, 4.69) is 22.0 Å². The summed E-state index contributed by atoms with van der Waals surface area (Å²) in [4.78, 5) is 11.8. The highest BCUT2D eigenvalue weighted by Gasteiger charge is 2.09. The van der Waals surface area contributed by atoms with Gasteiger partial charge in [-0.1, -0.05) is 41.3 Å². The van der Waals surface area contributed by atoms with Crippen LogP contribution in [0.1, 0.15) is 10.4 Å². The molecule has 0 radical (unpaired) electrons. The fourth-order valence-corrected chi connectivity index (χ4v) is 2.64. The monoisotopic (exact) mass is 402 g/mol. The van der Waals surface area contributed by atoms with E-state index in [0.29, 0.717) is 27.1 Å². The van der Waals surface area contributed by atoms with Gasteiger partial charge in [-0.25, -0.2) is 9.18 Å². The molecule has 27 heavy (non-hydrogen) atoms. The smallest absolute Gasteiger partial charge is 0.339 e. The number of hydrogen-bond acceptors (Lipinski definition) is 6. The Morgan fingerprint density at radius 1 is 1.19 bits per heavy atom. The summed E-state index contributed by atoms with van der Waals surface area (Å²) < 4.78 is 23.7. The molecule has 136 valence electrons. The minimum absolute atomic E-state index is 0.0274. The summed E-state index contributed by atoms with van der Waals surface area (Å²) >= 11 is 7.00. The third-order valence-electron chi connectivity index (χ3n) is 3.23. The SMILES string of the molecule is O=C(OCC#CCSc1nnc(-c2cccc(F)c2)o1)c1ccc(Cl)cc1. The van der Waals surface area contributed by atoms with E-state index < -0.39 is 5.97 Å². The van der Waals surface area contributed by atoms with Crippen molar-refractivity contribution in [3.8, 4) is 23.3 Å². The molecule has 0 aliphatic heterocycles. The summed E-state index contributed by atoms with van der Waals surface area (Å²) in [7, 11) is 0. The van der Waals surface area contributed by atoms with Crippen molar-refractivity contribution in [3.05, 3.63) is 64.9 Å². The number of thioether (sulfide) groups is 1. The Hall–Kier alpha value is -2.82. The third-order valence-corrected chi connectivity index (χ3v) is 4.18. The molecule has 0 amide bonds. The van der Waals surface area contributed by atoms with Crippen LogP contribution in [0.5, 0.6) is 0 Å². The largest absolute Gasteiger partial charge is 0.449 e. The topological polar surface area (TPSA) is 65.2 Å². The van der Waals surface area contributed by atoms with Crippen LogP contribution in [0, 0.1) is 17.7 Å². The quantitative estimate of drug-likeness (QED) is 0.356. The first-order valence-electron chi connectivity index (χ1n) is 7.72. The molecular formula is C19H12ClFN2O3S. The molecule has 0 saturated heterocycles. The molecule has 0 unspecified atom stereocenters. The van der Waals surface area contributed by atoms with Crippen molar-refractivity contribution >= 4 is 29.3 Å². The zero-order valence-corrected chi connectivity index (χ0v) is 15.4. The normalized spacial score (nSPS) is 10.1. The number of benzene rings is 2. The maximum absolute atomic E-state index is 13.2. The predicted molar refractivity (Wildman–Crippen MR) is 99.9 cm³/mol. The molecule has 2 aromatic carbocycles. The van der Waals surface area contributed by atoms with Gasteiger partial charge in [0.25, 0.3) is 5.22 Å². The van der Waals surface area contributed by atoms with Crippen molar-refractivity contribution in [3.63, 3.8) is 0 Å². The van der Waals surface area contributed by atoms with E-state index in [-0.39, 0.29) is 18.3 Å². The number of carbonyl (C=O) groups is 1. The molecule has 0 bridgehead atoms. The van der Waals surface area contributed by atoms with E-state index in [1.54, 1.807) is 36.4 Å². The van der Waals surface area contributed by atoms with E-state index in [9.17, 15) is 9.18 Å². The molecule has 0 aliphatic rings. The van der Waals surface area contributed by atoms with Crippen molar-refractivity contribution < 1.29 is 18.3 Å². The van der Waals surface area contributed by atoms with E-state index in [1.165, 1.54) is 23.9 Å². The molecule has 0 atom stereocenters. The van der Waals surface area contributed by atoms with Crippen LogP contribution in [-0.2, 0) is 4.74 Å². The summed E-state index contributed by atoms with van der Waals surface area (Å²) in [6.07, 6.45) is 0. The lowest BCUT2D eigenvalue weighted by molar-refractivity contribution is 0.0556. The number of rotatable bonds is 5. The fraction of sp³-hybridized carbons (Fsp3) is 0.105. The molecule has 1 heterocycles. The van der Waals surface area contributed by atoms with Gasteiger partial charge in [0.15, 0.2) is 6.61 Å². The summed E-state index contributed by atoms with van der Waals surface area (Å²) in [5.74, 6) is 5.34. The molecule has 0 spiro atoms. The zero-order valence-electron chi connectivity index (χ0n) is 13.8. The molecular weight excluding hydrogens is 391 g/mol. The van der Waals surface area contributed by atoms with Crippen LogP contribution < -0.4 is 0 Å². The van der Waals surface area contributed by atoms with Gasteiger partial charge in [-0.2, -0.15) is 0 Å². The van der Waals surface area contributed by atoms with Crippen LogP contribution in [0.3, 0.4) is 0 Å². The molecule has 3 aromatic rings. The van der Waals surface area contributed by atoms with Crippen LogP contribution in [-0.4, -0.2) is 28.5 Å². The Kier molecular flexibility index (Phi) is 6.47. The first-order chi connectivity index (χ1) is 13.1. The van der Waals surface area contributed by atoms with Gasteiger partial charge in [0.05, 0.1) is 11.3 Å². The third kappa shape index (κ3) is 5.58. The number of ether oxygens (including phenoxy) is 1. The number of hydrogen-bond donors (Lipinski definition) is 0. The molecule has 5 nitrogen and oxygen atoms in total. The van der Waals surface area contributed by atoms with Gasteiger partial charge >= 0.3 is 5.97 Å². The van der Waals surface area contributed by atoms with Crippen molar-refractivity contribution in [2.75, 3.05) is 12.4 Å². The fourth-order valence-electron chi connectivity index (χ4n) is 1.98. The second kappa shape index (κ2) is 9.21. The maximum atomic E-state index is 13.2. The van der Waals surface area contributed by atoms with Gasteiger partial charge in [0.1, 0.15) is 5.82 Å². The summed E-state index contributed by atoms with van der Waals surface area (Å²) in [5, 5.41) is 8.62. The van der Waals surface area contributed by atoms with Crippen molar-refractivity contribution in [1.29, 1.82) is 0 Å². The lowest BCUT2D eigenvalue weighted by atomic mass is 10.2. The van der Waals surface area contributed by atoms with Crippen molar-refractivity contribution in [1.82, 2.24) is 10.2 Å². The second-order valence-electron chi connectivity index (χ2n) is 5.11. The molecule has 0 aliphatic carbocycles. The molecule has 8 heteroatoms. The first-order valence-corrected chi connectivity index (χ1v) is 9.09. The van der Waals surface area contributed by atoms with Crippen molar-refractivity contribution in [2.45, 2.75) is 5.22 Å². The average Bonchev–Trinajstić information content (AvgIpc) is 3.14. The zero-order chi connectivity index (χ0) is 19.1. The lowest BCUT2D eigenvalue weighted by Crippen LogP contribution is -2.04. The number of halogens is 2. The van der Waals surface area contributed by atoms with Gasteiger partial charge in [0, 0.05) is 10.6 Å². The minimum atomic E-state index is -0.467. The minimum Gasteiger partial charge on any atom is -0.449 e. The van der Waals surface area contributed by atoms with E-state index >= 15 is 0 Å². The highest BCUT2D eigenvalue weighted by molar-refractivity contribution is 7.99. The molecule has 3 rings (SSSR count).